The Labute approximate surface area is 115 Å². The molecule has 2 aromatic rings. The number of benzene rings is 2. The summed E-state index contributed by atoms with van der Waals surface area (Å²) in [7, 11) is 1.46. The van der Waals surface area contributed by atoms with Gasteiger partial charge < -0.3 is 14.9 Å². The Balaban J connectivity index is 2.48. The Bertz CT molecular complexity index is 658. The number of ether oxygens (including phenoxy) is 1. The highest BCUT2D eigenvalue weighted by atomic mass is 16.5. The van der Waals surface area contributed by atoms with E-state index in [1.807, 2.05) is 0 Å². The predicted molar refractivity (Wildman–Crippen MR) is 72.3 cm³/mol. The third-order valence-electron chi connectivity index (χ3n) is 2.85. The Hall–Kier alpha value is -2.82. The lowest BCUT2D eigenvalue weighted by atomic mass is 10.0. The molecule has 0 saturated carbocycles. The zero-order chi connectivity index (χ0) is 14.7. The molecule has 0 spiro atoms. The maximum atomic E-state index is 11.1. The molecule has 5 heteroatoms. The van der Waals surface area contributed by atoms with Crippen molar-refractivity contribution in [3.05, 3.63) is 53.6 Å². The van der Waals surface area contributed by atoms with E-state index < -0.39 is 11.9 Å². The van der Waals surface area contributed by atoms with Crippen LogP contribution < -0.4 is 4.74 Å². The summed E-state index contributed by atoms with van der Waals surface area (Å²) in [4.78, 5) is 21.9. The van der Waals surface area contributed by atoms with Gasteiger partial charge in [-0.1, -0.05) is 12.1 Å². The van der Waals surface area contributed by atoms with Gasteiger partial charge in [-0.15, -0.1) is 0 Å². The minimum atomic E-state index is -1.05. The van der Waals surface area contributed by atoms with Crippen LogP contribution in [0, 0.1) is 0 Å². The van der Waals surface area contributed by atoms with Crippen LogP contribution in [0.15, 0.2) is 42.5 Å². The van der Waals surface area contributed by atoms with Gasteiger partial charge >= 0.3 is 11.9 Å². The number of aromatic carboxylic acids is 2. The van der Waals surface area contributed by atoms with Gasteiger partial charge in [0.15, 0.2) is 0 Å². The molecule has 0 saturated heterocycles. The summed E-state index contributed by atoms with van der Waals surface area (Å²) in [5, 5.41) is 17.9. The monoisotopic (exact) mass is 272 g/mol. The maximum absolute atomic E-state index is 11.1. The zero-order valence-corrected chi connectivity index (χ0v) is 10.7. The van der Waals surface area contributed by atoms with Gasteiger partial charge in [-0.3, -0.25) is 0 Å². The quantitative estimate of drug-likeness (QED) is 0.894. The van der Waals surface area contributed by atoms with Crippen molar-refractivity contribution in [1.82, 2.24) is 0 Å². The van der Waals surface area contributed by atoms with Crippen LogP contribution in [0.5, 0.6) is 5.75 Å². The van der Waals surface area contributed by atoms with Gasteiger partial charge in [-0.25, -0.2) is 9.59 Å². The van der Waals surface area contributed by atoms with Crippen LogP contribution in [0.25, 0.3) is 11.1 Å². The number of hydrogen-bond donors (Lipinski definition) is 2. The standard InChI is InChI=1S/C15H12O5/c1-20-13-7-11(6-12(8-13)15(18)19)9-2-4-10(5-3-9)14(16)17/h2-8H,1H3,(H,16,17)(H,18,19). The van der Waals surface area contributed by atoms with E-state index in [4.69, 9.17) is 14.9 Å². The molecule has 0 aliphatic rings. The van der Waals surface area contributed by atoms with Gasteiger partial charge in [0.05, 0.1) is 18.2 Å². The lowest BCUT2D eigenvalue weighted by molar-refractivity contribution is 0.0686. The van der Waals surface area contributed by atoms with E-state index in [2.05, 4.69) is 0 Å². The van der Waals surface area contributed by atoms with Gasteiger partial charge in [-0.2, -0.15) is 0 Å². The van der Waals surface area contributed by atoms with Crippen LogP contribution in [-0.2, 0) is 0 Å². The summed E-state index contributed by atoms with van der Waals surface area (Å²) in [6.45, 7) is 0. The first-order valence-electron chi connectivity index (χ1n) is 5.77. The molecule has 102 valence electrons. The van der Waals surface area contributed by atoms with E-state index in [9.17, 15) is 9.59 Å². The molecule has 0 unspecified atom stereocenters. The van der Waals surface area contributed by atoms with Crippen molar-refractivity contribution in [3.63, 3.8) is 0 Å². The van der Waals surface area contributed by atoms with Crippen molar-refractivity contribution in [1.29, 1.82) is 0 Å². The number of carbonyl (C=O) groups is 2. The average molecular weight is 272 g/mol. The van der Waals surface area contributed by atoms with Gasteiger partial charge in [0, 0.05) is 0 Å². The molecule has 0 aromatic heterocycles. The largest absolute Gasteiger partial charge is 0.497 e. The Morgan fingerprint density at radius 3 is 1.95 bits per heavy atom. The number of methoxy groups -OCH3 is 1. The van der Waals surface area contributed by atoms with Crippen LogP contribution in [-0.4, -0.2) is 29.3 Å². The highest BCUT2D eigenvalue weighted by Gasteiger charge is 2.09. The van der Waals surface area contributed by atoms with Crippen LogP contribution in [0.2, 0.25) is 0 Å². The summed E-state index contributed by atoms with van der Waals surface area (Å²) < 4.78 is 5.07. The minimum Gasteiger partial charge on any atom is -0.497 e. The smallest absolute Gasteiger partial charge is 0.335 e. The second-order valence-corrected chi connectivity index (χ2v) is 4.14. The van der Waals surface area contributed by atoms with Crippen LogP contribution in [0.1, 0.15) is 20.7 Å². The number of carboxylic acids is 2. The van der Waals surface area contributed by atoms with Crippen LogP contribution >= 0.6 is 0 Å². The molecule has 0 aliphatic heterocycles. The second kappa shape index (κ2) is 5.44. The van der Waals surface area contributed by atoms with Crippen LogP contribution in [0.4, 0.5) is 0 Å². The molecule has 0 amide bonds. The van der Waals surface area contributed by atoms with Crippen molar-refractivity contribution >= 4 is 11.9 Å². The number of hydrogen-bond acceptors (Lipinski definition) is 3. The Morgan fingerprint density at radius 2 is 1.45 bits per heavy atom. The van der Waals surface area contributed by atoms with E-state index in [0.717, 1.165) is 5.56 Å². The molecule has 2 N–H and O–H groups in total. The third-order valence-corrected chi connectivity index (χ3v) is 2.85. The van der Waals surface area contributed by atoms with Gasteiger partial charge in [0.25, 0.3) is 0 Å². The average Bonchev–Trinajstić information content (AvgIpc) is 2.46. The molecule has 0 atom stereocenters. The molecule has 5 nitrogen and oxygen atoms in total. The SMILES string of the molecule is COc1cc(C(=O)O)cc(-c2ccc(C(=O)O)cc2)c1. The summed E-state index contributed by atoms with van der Waals surface area (Å²) in [5.74, 6) is -1.62. The van der Waals surface area contributed by atoms with E-state index in [0.29, 0.717) is 11.3 Å². The first-order valence-corrected chi connectivity index (χ1v) is 5.77. The molecule has 20 heavy (non-hydrogen) atoms. The molecule has 0 heterocycles. The lowest BCUT2D eigenvalue weighted by Gasteiger charge is -2.07. The summed E-state index contributed by atoms with van der Waals surface area (Å²) in [6.07, 6.45) is 0. The molecular formula is C15H12O5. The van der Waals surface area contributed by atoms with E-state index in [1.54, 1.807) is 18.2 Å². The van der Waals surface area contributed by atoms with Crippen molar-refractivity contribution in [3.8, 4) is 16.9 Å². The van der Waals surface area contributed by atoms with Gasteiger partial charge in [0.1, 0.15) is 5.75 Å². The Kier molecular flexibility index (Phi) is 3.70. The highest BCUT2D eigenvalue weighted by Crippen LogP contribution is 2.26. The van der Waals surface area contributed by atoms with Crippen molar-refractivity contribution in [2.45, 2.75) is 0 Å². The van der Waals surface area contributed by atoms with Gasteiger partial charge in [0.2, 0.25) is 0 Å². The first-order chi connectivity index (χ1) is 9.51. The molecular weight excluding hydrogens is 260 g/mol. The normalized spacial score (nSPS) is 10.1. The summed E-state index contributed by atoms with van der Waals surface area (Å²) in [6, 6.07) is 10.8. The zero-order valence-electron chi connectivity index (χ0n) is 10.7. The van der Waals surface area contributed by atoms with Crippen molar-refractivity contribution in [2.24, 2.45) is 0 Å². The minimum absolute atomic E-state index is 0.113. The third kappa shape index (κ3) is 2.77. The second-order valence-electron chi connectivity index (χ2n) is 4.14. The van der Waals surface area contributed by atoms with Crippen molar-refractivity contribution in [2.75, 3.05) is 7.11 Å². The number of rotatable bonds is 4. The molecule has 0 bridgehead atoms. The topological polar surface area (TPSA) is 83.8 Å². The highest BCUT2D eigenvalue weighted by molar-refractivity contribution is 5.91. The van der Waals surface area contributed by atoms with E-state index in [1.165, 1.54) is 31.4 Å². The maximum Gasteiger partial charge on any atom is 0.335 e. The van der Waals surface area contributed by atoms with E-state index >= 15 is 0 Å². The summed E-state index contributed by atoms with van der Waals surface area (Å²) in [5.41, 5.74) is 1.66. The van der Waals surface area contributed by atoms with Crippen molar-refractivity contribution < 1.29 is 24.5 Å². The lowest BCUT2D eigenvalue weighted by Crippen LogP contribution is -1.98. The fraction of sp³-hybridized carbons (Fsp3) is 0.0667. The summed E-state index contributed by atoms with van der Waals surface area (Å²) >= 11 is 0. The van der Waals surface area contributed by atoms with Crippen LogP contribution in [0.3, 0.4) is 0 Å². The molecule has 2 rings (SSSR count). The number of carboxylic acid groups (broad SMARTS) is 2. The fourth-order valence-electron chi connectivity index (χ4n) is 1.81. The molecule has 0 fully saturated rings. The molecule has 2 aromatic carbocycles. The first kappa shape index (κ1) is 13.6. The van der Waals surface area contributed by atoms with E-state index in [-0.39, 0.29) is 11.1 Å². The molecule has 0 radical (unpaired) electrons. The van der Waals surface area contributed by atoms with Gasteiger partial charge in [-0.05, 0) is 41.5 Å². The predicted octanol–water partition coefficient (Wildman–Crippen LogP) is 2.76. The Morgan fingerprint density at radius 1 is 0.850 bits per heavy atom. The fourth-order valence-corrected chi connectivity index (χ4v) is 1.81. The molecule has 0 aliphatic carbocycles.